The molecule has 0 bridgehead atoms. The number of halogens is 2. The Bertz CT molecular complexity index is 814. The van der Waals surface area contributed by atoms with Gasteiger partial charge in [0.2, 0.25) is 0 Å². The van der Waals surface area contributed by atoms with Gasteiger partial charge in [0.15, 0.2) is 0 Å². The van der Waals surface area contributed by atoms with Crippen molar-refractivity contribution < 1.29 is 9.13 Å². The number of nitrogens with zero attached hydrogens (tertiary/aromatic N) is 3. The van der Waals surface area contributed by atoms with E-state index in [0.717, 1.165) is 42.2 Å². The van der Waals surface area contributed by atoms with Gasteiger partial charge < -0.3 is 10.1 Å². The van der Waals surface area contributed by atoms with Gasteiger partial charge >= 0.3 is 0 Å². The minimum absolute atomic E-state index is 0. The summed E-state index contributed by atoms with van der Waals surface area (Å²) in [5.41, 5.74) is 3.68. The SMILES string of the molecule is Cl.Fc1ccc(-n2cc(-c3ccc([C@H]4CNCCO4)cc3)nn2)cc1. The topological polar surface area (TPSA) is 52.0 Å². The highest BCUT2D eigenvalue weighted by atomic mass is 35.5. The van der Waals surface area contributed by atoms with Crippen LogP contribution in [-0.2, 0) is 4.74 Å². The average Bonchev–Trinajstić information content (AvgIpc) is 3.13. The smallest absolute Gasteiger partial charge is 0.123 e. The zero-order chi connectivity index (χ0) is 16.4. The second-order valence-corrected chi connectivity index (χ2v) is 5.71. The largest absolute Gasteiger partial charge is 0.371 e. The number of nitrogens with one attached hydrogen (secondary N) is 1. The fourth-order valence-corrected chi connectivity index (χ4v) is 2.76. The van der Waals surface area contributed by atoms with Crippen LogP contribution in [0, 0.1) is 5.82 Å². The number of ether oxygens (including phenoxy) is 1. The van der Waals surface area contributed by atoms with E-state index in [0.29, 0.717) is 0 Å². The molecule has 130 valence electrons. The first-order chi connectivity index (χ1) is 11.8. The first kappa shape index (κ1) is 17.5. The van der Waals surface area contributed by atoms with E-state index in [9.17, 15) is 4.39 Å². The molecule has 0 unspecified atom stereocenters. The highest BCUT2D eigenvalue weighted by molar-refractivity contribution is 5.85. The van der Waals surface area contributed by atoms with Crippen molar-refractivity contribution in [2.75, 3.05) is 19.7 Å². The van der Waals surface area contributed by atoms with Gasteiger partial charge in [-0.2, -0.15) is 0 Å². The van der Waals surface area contributed by atoms with Crippen molar-refractivity contribution in [2.24, 2.45) is 0 Å². The van der Waals surface area contributed by atoms with Crippen molar-refractivity contribution in [2.45, 2.75) is 6.10 Å². The van der Waals surface area contributed by atoms with Crippen LogP contribution in [-0.4, -0.2) is 34.7 Å². The summed E-state index contributed by atoms with van der Waals surface area (Å²) in [5.74, 6) is -0.269. The second kappa shape index (κ2) is 7.74. The van der Waals surface area contributed by atoms with Crippen molar-refractivity contribution in [3.05, 3.63) is 66.1 Å². The zero-order valence-corrected chi connectivity index (χ0v) is 14.2. The Morgan fingerprint density at radius 3 is 2.52 bits per heavy atom. The molecule has 3 aromatic rings. The van der Waals surface area contributed by atoms with Gasteiger partial charge in [0.25, 0.3) is 0 Å². The highest BCUT2D eigenvalue weighted by Gasteiger charge is 2.15. The van der Waals surface area contributed by atoms with Crippen LogP contribution in [0.15, 0.2) is 54.7 Å². The molecule has 1 aromatic heterocycles. The van der Waals surface area contributed by atoms with Crippen molar-refractivity contribution >= 4 is 12.4 Å². The molecule has 1 saturated heterocycles. The fourth-order valence-electron chi connectivity index (χ4n) is 2.76. The van der Waals surface area contributed by atoms with Gasteiger partial charge in [-0.05, 0) is 29.8 Å². The van der Waals surface area contributed by atoms with Gasteiger partial charge in [0, 0.05) is 18.7 Å². The summed E-state index contributed by atoms with van der Waals surface area (Å²) in [5, 5.41) is 11.6. The standard InChI is InChI=1S/C18H17FN4O.ClH/c19-15-5-7-16(8-6-15)23-12-17(21-22-23)13-1-3-14(4-2-13)18-11-20-9-10-24-18;/h1-8,12,18,20H,9-11H2;1H/t18-;/m1./s1. The number of hydrogen-bond donors (Lipinski definition) is 1. The summed E-state index contributed by atoms with van der Waals surface area (Å²) in [6.45, 7) is 2.47. The van der Waals surface area contributed by atoms with E-state index in [1.165, 1.54) is 12.1 Å². The van der Waals surface area contributed by atoms with Crippen molar-refractivity contribution in [3.63, 3.8) is 0 Å². The maximum atomic E-state index is 13.0. The molecule has 0 radical (unpaired) electrons. The lowest BCUT2D eigenvalue weighted by Gasteiger charge is -2.23. The third kappa shape index (κ3) is 3.87. The lowest BCUT2D eigenvalue weighted by atomic mass is 10.0. The molecule has 0 spiro atoms. The van der Waals surface area contributed by atoms with Gasteiger partial charge in [0.1, 0.15) is 11.5 Å². The maximum absolute atomic E-state index is 13.0. The van der Waals surface area contributed by atoms with E-state index >= 15 is 0 Å². The van der Waals surface area contributed by atoms with Crippen molar-refractivity contribution in [1.82, 2.24) is 20.3 Å². The van der Waals surface area contributed by atoms with E-state index in [4.69, 9.17) is 4.74 Å². The molecule has 7 heteroatoms. The second-order valence-electron chi connectivity index (χ2n) is 5.71. The summed E-state index contributed by atoms with van der Waals surface area (Å²) < 4.78 is 20.4. The highest BCUT2D eigenvalue weighted by Crippen LogP contribution is 2.23. The summed E-state index contributed by atoms with van der Waals surface area (Å²) in [4.78, 5) is 0. The molecular formula is C18H18ClFN4O. The van der Waals surface area contributed by atoms with Crippen LogP contribution in [0.4, 0.5) is 4.39 Å². The first-order valence-corrected chi connectivity index (χ1v) is 7.90. The minimum atomic E-state index is -0.269. The molecule has 1 aliphatic rings. The maximum Gasteiger partial charge on any atom is 0.123 e. The normalized spacial score (nSPS) is 17.1. The number of morpholine rings is 1. The number of benzene rings is 2. The fraction of sp³-hybridized carbons (Fsp3) is 0.222. The Hall–Kier alpha value is -2.28. The monoisotopic (exact) mass is 360 g/mol. The third-order valence-electron chi connectivity index (χ3n) is 4.09. The molecule has 1 aliphatic heterocycles. The Morgan fingerprint density at radius 2 is 1.84 bits per heavy atom. The zero-order valence-electron chi connectivity index (χ0n) is 13.4. The molecule has 2 heterocycles. The number of hydrogen-bond acceptors (Lipinski definition) is 4. The van der Waals surface area contributed by atoms with E-state index < -0.39 is 0 Å². The Labute approximate surface area is 151 Å². The van der Waals surface area contributed by atoms with Crippen LogP contribution in [0.25, 0.3) is 16.9 Å². The predicted molar refractivity (Wildman–Crippen MR) is 95.6 cm³/mol. The van der Waals surface area contributed by atoms with Crippen molar-refractivity contribution in [3.8, 4) is 16.9 Å². The Balaban J connectivity index is 0.00000182. The molecule has 1 atom stereocenters. The third-order valence-corrected chi connectivity index (χ3v) is 4.09. The molecule has 1 N–H and O–H groups in total. The van der Waals surface area contributed by atoms with Crippen LogP contribution in [0.2, 0.25) is 0 Å². The summed E-state index contributed by atoms with van der Waals surface area (Å²) >= 11 is 0. The molecule has 2 aromatic carbocycles. The van der Waals surface area contributed by atoms with Gasteiger partial charge in [-0.3, -0.25) is 0 Å². The molecule has 4 rings (SSSR count). The molecule has 5 nitrogen and oxygen atoms in total. The molecule has 1 fully saturated rings. The molecule has 0 aliphatic carbocycles. The molecular weight excluding hydrogens is 343 g/mol. The summed E-state index contributed by atoms with van der Waals surface area (Å²) in [6, 6.07) is 14.3. The van der Waals surface area contributed by atoms with Crippen LogP contribution in [0.1, 0.15) is 11.7 Å². The van der Waals surface area contributed by atoms with Gasteiger partial charge in [0.05, 0.1) is 24.6 Å². The number of rotatable bonds is 3. The molecule has 25 heavy (non-hydrogen) atoms. The molecule has 0 amide bonds. The van der Waals surface area contributed by atoms with Crippen LogP contribution >= 0.6 is 12.4 Å². The first-order valence-electron chi connectivity index (χ1n) is 7.90. The average molecular weight is 361 g/mol. The van der Waals surface area contributed by atoms with Crippen LogP contribution < -0.4 is 5.32 Å². The van der Waals surface area contributed by atoms with Crippen LogP contribution in [0.3, 0.4) is 0 Å². The number of aromatic nitrogens is 3. The minimum Gasteiger partial charge on any atom is -0.371 e. The van der Waals surface area contributed by atoms with Crippen molar-refractivity contribution in [1.29, 1.82) is 0 Å². The molecule has 0 saturated carbocycles. The van der Waals surface area contributed by atoms with E-state index in [1.807, 2.05) is 18.3 Å². The Morgan fingerprint density at radius 1 is 1.08 bits per heavy atom. The van der Waals surface area contributed by atoms with Gasteiger partial charge in [-0.25, -0.2) is 9.07 Å². The summed E-state index contributed by atoms with van der Waals surface area (Å²) in [7, 11) is 0. The van der Waals surface area contributed by atoms with Gasteiger partial charge in [-0.1, -0.05) is 29.5 Å². The van der Waals surface area contributed by atoms with E-state index in [2.05, 4.69) is 27.8 Å². The summed E-state index contributed by atoms with van der Waals surface area (Å²) in [6.07, 6.45) is 1.93. The quantitative estimate of drug-likeness (QED) is 0.779. The lowest BCUT2D eigenvalue weighted by Crippen LogP contribution is -2.33. The lowest BCUT2D eigenvalue weighted by molar-refractivity contribution is 0.0277. The van der Waals surface area contributed by atoms with Crippen LogP contribution in [0.5, 0.6) is 0 Å². The van der Waals surface area contributed by atoms with E-state index in [-0.39, 0.29) is 24.3 Å². The Kier molecular flexibility index (Phi) is 5.43. The van der Waals surface area contributed by atoms with Gasteiger partial charge in [-0.15, -0.1) is 17.5 Å². The predicted octanol–water partition coefficient (Wildman–Crippen LogP) is 3.16. The van der Waals surface area contributed by atoms with E-state index in [1.54, 1.807) is 16.8 Å².